The maximum absolute atomic E-state index is 12.3. The minimum atomic E-state index is -0.546. The van der Waals surface area contributed by atoms with Crippen LogP contribution in [-0.2, 0) is 14.3 Å². The predicted octanol–water partition coefficient (Wildman–Crippen LogP) is 2.59. The number of piperidine rings is 1. The van der Waals surface area contributed by atoms with Gasteiger partial charge in [-0.3, -0.25) is 9.59 Å². The quantitative estimate of drug-likeness (QED) is 0.860. The molecule has 1 saturated heterocycles. The summed E-state index contributed by atoms with van der Waals surface area (Å²) in [4.78, 5) is 37.2. The Hall–Kier alpha value is -2.37. The number of likely N-dealkylation sites (tertiary alicyclic amines) is 1. The number of nitrogens with zero attached hydrogens (tertiary/aromatic N) is 1. The maximum Gasteiger partial charge on any atom is 0.338 e. The summed E-state index contributed by atoms with van der Waals surface area (Å²) in [5.74, 6) is -0.881. The smallest absolute Gasteiger partial charge is 0.338 e. The van der Waals surface area contributed by atoms with Gasteiger partial charge in [-0.1, -0.05) is 0 Å². The van der Waals surface area contributed by atoms with Gasteiger partial charge < -0.3 is 15.0 Å². The molecule has 2 amide bonds. The van der Waals surface area contributed by atoms with E-state index >= 15 is 0 Å². The number of carbonyl (C=O) groups is 3. The van der Waals surface area contributed by atoms with Gasteiger partial charge in [-0.2, -0.15) is 0 Å². The summed E-state index contributed by atoms with van der Waals surface area (Å²) in [7, 11) is 0. The number of amides is 2. The Kier molecular flexibility index (Phi) is 5.95. The molecule has 2 rings (SSSR count). The lowest BCUT2D eigenvalue weighted by Crippen LogP contribution is -2.49. The van der Waals surface area contributed by atoms with Gasteiger partial charge in [0, 0.05) is 24.7 Å². The molecule has 6 nitrogen and oxygen atoms in total. The number of ether oxygens (including phenoxy) is 1. The molecule has 1 aromatic rings. The molecular weight excluding hydrogens is 308 g/mol. The van der Waals surface area contributed by atoms with Crippen molar-refractivity contribution >= 4 is 23.5 Å². The van der Waals surface area contributed by atoms with E-state index in [-0.39, 0.29) is 30.5 Å². The Morgan fingerprint density at radius 1 is 1.12 bits per heavy atom. The minimum absolute atomic E-state index is 0.155. The molecule has 1 N–H and O–H groups in total. The molecule has 1 aliphatic heterocycles. The van der Waals surface area contributed by atoms with E-state index in [2.05, 4.69) is 5.32 Å². The summed E-state index contributed by atoms with van der Waals surface area (Å²) in [6.45, 7) is 5.21. The van der Waals surface area contributed by atoms with Crippen LogP contribution in [0.2, 0.25) is 0 Å². The number of esters is 1. The van der Waals surface area contributed by atoms with Gasteiger partial charge in [-0.15, -0.1) is 0 Å². The second kappa shape index (κ2) is 7.95. The van der Waals surface area contributed by atoms with Crippen molar-refractivity contribution in [3.63, 3.8) is 0 Å². The third-order valence-electron chi connectivity index (χ3n) is 4.25. The van der Waals surface area contributed by atoms with Gasteiger partial charge in [0.25, 0.3) is 5.91 Å². The molecule has 0 aromatic heterocycles. The van der Waals surface area contributed by atoms with Crippen LogP contribution in [-0.4, -0.2) is 41.4 Å². The number of hydrogen-bond donors (Lipinski definition) is 1. The Bertz CT molecular complexity index is 602. The summed E-state index contributed by atoms with van der Waals surface area (Å²) in [6.07, 6.45) is 3.08. The highest BCUT2D eigenvalue weighted by Gasteiger charge is 2.29. The molecule has 2 atom stereocenters. The number of benzene rings is 1. The predicted molar refractivity (Wildman–Crippen MR) is 90.6 cm³/mol. The van der Waals surface area contributed by atoms with Gasteiger partial charge in [0.05, 0.1) is 5.56 Å². The van der Waals surface area contributed by atoms with Crippen molar-refractivity contribution in [1.82, 2.24) is 4.90 Å². The summed E-state index contributed by atoms with van der Waals surface area (Å²) in [5, 5.41) is 2.62. The normalized spacial score (nSPS) is 20.4. The Morgan fingerprint density at radius 3 is 2.25 bits per heavy atom. The highest BCUT2D eigenvalue weighted by Crippen LogP contribution is 2.22. The molecule has 0 radical (unpaired) electrons. The topological polar surface area (TPSA) is 75.7 Å². The molecule has 0 aliphatic carbocycles. The first-order valence-corrected chi connectivity index (χ1v) is 8.24. The largest absolute Gasteiger partial charge is 0.452 e. The number of rotatable bonds is 4. The zero-order chi connectivity index (χ0) is 17.7. The standard InChI is InChI=1S/C18H24N2O4/c1-12-5-4-6-13(2)20(12)17(22)11-24-18(23)15-7-9-16(10-8-15)19-14(3)21/h7-10,12-13H,4-6,11H2,1-3H3,(H,19,21)/t12-,13-/m1/s1. The molecule has 24 heavy (non-hydrogen) atoms. The van der Waals surface area contributed by atoms with Gasteiger partial charge in [0.2, 0.25) is 5.91 Å². The summed E-state index contributed by atoms with van der Waals surface area (Å²) < 4.78 is 5.14. The van der Waals surface area contributed by atoms with Gasteiger partial charge in [-0.05, 0) is 57.4 Å². The molecule has 1 aromatic carbocycles. The molecule has 0 unspecified atom stereocenters. The van der Waals surface area contributed by atoms with Crippen LogP contribution in [0.5, 0.6) is 0 Å². The Balaban J connectivity index is 1.90. The van der Waals surface area contributed by atoms with Crippen LogP contribution >= 0.6 is 0 Å². The fourth-order valence-electron chi connectivity index (χ4n) is 3.09. The van der Waals surface area contributed by atoms with E-state index in [4.69, 9.17) is 4.74 Å². The third kappa shape index (κ3) is 4.57. The van der Waals surface area contributed by atoms with Crippen LogP contribution in [0.15, 0.2) is 24.3 Å². The van der Waals surface area contributed by atoms with Crippen LogP contribution in [0.4, 0.5) is 5.69 Å². The number of hydrogen-bond acceptors (Lipinski definition) is 4. The molecule has 0 spiro atoms. The van der Waals surface area contributed by atoms with Crippen LogP contribution in [0.1, 0.15) is 50.4 Å². The van der Waals surface area contributed by atoms with E-state index in [1.807, 2.05) is 18.7 Å². The number of anilines is 1. The second-order valence-electron chi connectivity index (χ2n) is 6.26. The summed E-state index contributed by atoms with van der Waals surface area (Å²) in [5.41, 5.74) is 0.947. The first kappa shape index (κ1) is 18.0. The molecule has 6 heteroatoms. The average molecular weight is 332 g/mol. The fourth-order valence-corrected chi connectivity index (χ4v) is 3.09. The van der Waals surface area contributed by atoms with E-state index in [1.165, 1.54) is 6.92 Å². The van der Waals surface area contributed by atoms with Gasteiger partial charge in [0.1, 0.15) is 0 Å². The van der Waals surface area contributed by atoms with Crippen molar-refractivity contribution in [3.05, 3.63) is 29.8 Å². The first-order valence-electron chi connectivity index (χ1n) is 8.24. The molecule has 1 aliphatic rings. The van der Waals surface area contributed by atoms with Crippen molar-refractivity contribution in [2.75, 3.05) is 11.9 Å². The zero-order valence-corrected chi connectivity index (χ0v) is 14.4. The van der Waals surface area contributed by atoms with E-state index in [1.54, 1.807) is 24.3 Å². The van der Waals surface area contributed by atoms with Crippen LogP contribution in [0, 0.1) is 0 Å². The summed E-state index contributed by atoms with van der Waals surface area (Å²) >= 11 is 0. The first-order chi connectivity index (χ1) is 11.4. The highest BCUT2D eigenvalue weighted by molar-refractivity contribution is 5.93. The molecule has 0 bridgehead atoms. The van der Waals surface area contributed by atoms with Crippen molar-refractivity contribution in [1.29, 1.82) is 0 Å². The van der Waals surface area contributed by atoms with Crippen molar-refractivity contribution in [3.8, 4) is 0 Å². The molecule has 1 fully saturated rings. The van der Waals surface area contributed by atoms with E-state index in [0.717, 1.165) is 19.3 Å². The van der Waals surface area contributed by atoms with Gasteiger partial charge in [-0.25, -0.2) is 4.79 Å². The lowest BCUT2D eigenvalue weighted by Gasteiger charge is -2.38. The lowest BCUT2D eigenvalue weighted by atomic mass is 9.97. The monoisotopic (exact) mass is 332 g/mol. The lowest BCUT2D eigenvalue weighted by molar-refractivity contribution is -0.140. The average Bonchev–Trinajstić information content (AvgIpc) is 2.52. The minimum Gasteiger partial charge on any atom is -0.452 e. The Labute approximate surface area is 142 Å². The third-order valence-corrected chi connectivity index (χ3v) is 4.25. The van der Waals surface area contributed by atoms with E-state index in [0.29, 0.717) is 11.3 Å². The molecule has 130 valence electrons. The van der Waals surface area contributed by atoms with Crippen molar-refractivity contribution < 1.29 is 19.1 Å². The SMILES string of the molecule is CC(=O)Nc1ccc(C(=O)OCC(=O)N2[C@H](C)CCC[C@H]2C)cc1. The van der Waals surface area contributed by atoms with Crippen LogP contribution in [0.3, 0.4) is 0 Å². The maximum atomic E-state index is 12.3. The zero-order valence-electron chi connectivity index (χ0n) is 14.4. The second-order valence-corrected chi connectivity index (χ2v) is 6.26. The van der Waals surface area contributed by atoms with Gasteiger partial charge in [0.15, 0.2) is 6.61 Å². The molecule has 1 heterocycles. The van der Waals surface area contributed by atoms with E-state index in [9.17, 15) is 14.4 Å². The number of carbonyl (C=O) groups excluding carboxylic acids is 3. The van der Waals surface area contributed by atoms with E-state index < -0.39 is 5.97 Å². The molecular formula is C18H24N2O4. The fraction of sp³-hybridized carbons (Fsp3) is 0.500. The van der Waals surface area contributed by atoms with Crippen LogP contribution in [0.25, 0.3) is 0 Å². The summed E-state index contributed by atoms with van der Waals surface area (Å²) in [6, 6.07) is 6.71. The Morgan fingerprint density at radius 2 is 1.71 bits per heavy atom. The molecule has 0 saturated carbocycles. The van der Waals surface area contributed by atoms with Crippen molar-refractivity contribution in [2.24, 2.45) is 0 Å². The highest BCUT2D eigenvalue weighted by atomic mass is 16.5. The van der Waals surface area contributed by atoms with Gasteiger partial charge >= 0.3 is 5.97 Å². The van der Waals surface area contributed by atoms with Crippen LogP contribution < -0.4 is 5.32 Å². The number of nitrogens with one attached hydrogen (secondary N) is 1. The van der Waals surface area contributed by atoms with Crippen molar-refractivity contribution in [2.45, 2.75) is 52.1 Å².